The third-order valence-corrected chi connectivity index (χ3v) is 3.93. The summed E-state index contributed by atoms with van der Waals surface area (Å²) in [4.78, 5) is 13.2. The van der Waals surface area contributed by atoms with E-state index in [0.29, 0.717) is 6.54 Å². The minimum Gasteiger partial charge on any atom is -0.352 e. The van der Waals surface area contributed by atoms with Gasteiger partial charge in [0.25, 0.3) is 5.91 Å². The van der Waals surface area contributed by atoms with Crippen molar-refractivity contribution in [3.63, 3.8) is 0 Å². The van der Waals surface area contributed by atoms with Gasteiger partial charge in [-0.25, -0.2) is 0 Å². The average Bonchev–Trinajstić information content (AvgIpc) is 2.93. The highest BCUT2D eigenvalue weighted by atomic mass is 32.1. The van der Waals surface area contributed by atoms with Gasteiger partial charge in [-0.15, -0.1) is 11.3 Å². The summed E-state index contributed by atoms with van der Waals surface area (Å²) in [5, 5.41) is 5.02. The molecule has 1 heterocycles. The van der Waals surface area contributed by atoms with Gasteiger partial charge in [-0.3, -0.25) is 4.79 Å². The first-order valence-electron chi connectivity index (χ1n) is 6.69. The molecule has 0 spiro atoms. The molecule has 1 N–H and O–H groups in total. The van der Waals surface area contributed by atoms with Crippen LogP contribution in [0.1, 0.15) is 34.1 Å². The second-order valence-corrected chi connectivity index (χ2v) is 5.56. The first-order valence-corrected chi connectivity index (χ1v) is 7.57. The van der Waals surface area contributed by atoms with Gasteiger partial charge in [-0.2, -0.15) is 0 Å². The highest BCUT2D eigenvalue weighted by Gasteiger charge is 2.04. The second kappa shape index (κ2) is 7.10. The van der Waals surface area contributed by atoms with Crippen LogP contribution in [0.4, 0.5) is 0 Å². The molecule has 0 saturated carbocycles. The van der Waals surface area contributed by atoms with Gasteiger partial charge in [0, 0.05) is 17.0 Å². The standard InChI is InChI=1S/C16H19NOS/c1-2-4-13-6-8-14(9-7-13)16(18)17-11-10-15-5-3-12-19-15/h3,5-9,12H,2,4,10-11H2,1H3,(H,17,18). The van der Waals surface area contributed by atoms with Crippen LogP contribution in [-0.2, 0) is 12.8 Å². The van der Waals surface area contributed by atoms with E-state index in [9.17, 15) is 4.79 Å². The topological polar surface area (TPSA) is 29.1 Å². The van der Waals surface area contributed by atoms with Crippen LogP contribution in [0.3, 0.4) is 0 Å². The Hall–Kier alpha value is -1.61. The van der Waals surface area contributed by atoms with Crippen LogP contribution in [-0.4, -0.2) is 12.5 Å². The zero-order chi connectivity index (χ0) is 13.5. The molecule has 0 bridgehead atoms. The van der Waals surface area contributed by atoms with Crippen molar-refractivity contribution in [3.05, 3.63) is 57.8 Å². The molecule has 0 saturated heterocycles. The van der Waals surface area contributed by atoms with Crippen molar-refractivity contribution >= 4 is 17.2 Å². The minimum absolute atomic E-state index is 0.0135. The van der Waals surface area contributed by atoms with E-state index in [0.717, 1.165) is 24.8 Å². The lowest BCUT2D eigenvalue weighted by Gasteiger charge is -2.05. The maximum Gasteiger partial charge on any atom is 0.251 e. The molecule has 2 rings (SSSR count). The lowest BCUT2D eigenvalue weighted by atomic mass is 10.1. The van der Waals surface area contributed by atoms with Gasteiger partial charge < -0.3 is 5.32 Å². The van der Waals surface area contributed by atoms with E-state index in [1.165, 1.54) is 10.4 Å². The van der Waals surface area contributed by atoms with Crippen LogP contribution < -0.4 is 5.32 Å². The van der Waals surface area contributed by atoms with E-state index in [2.05, 4.69) is 23.7 Å². The molecule has 0 radical (unpaired) electrons. The number of thiophene rings is 1. The number of aryl methyl sites for hydroxylation is 1. The molecular weight excluding hydrogens is 254 g/mol. The molecule has 0 aliphatic carbocycles. The number of hydrogen-bond acceptors (Lipinski definition) is 2. The van der Waals surface area contributed by atoms with Gasteiger partial charge in [-0.1, -0.05) is 31.5 Å². The summed E-state index contributed by atoms with van der Waals surface area (Å²) < 4.78 is 0. The largest absolute Gasteiger partial charge is 0.352 e. The van der Waals surface area contributed by atoms with Gasteiger partial charge in [0.15, 0.2) is 0 Å². The van der Waals surface area contributed by atoms with Gasteiger partial charge >= 0.3 is 0 Å². The number of amides is 1. The summed E-state index contributed by atoms with van der Waals surface area (Å²) in [5.74, 6) is 0.0135. The lowest BCUT2D eigenvalue weighted by molar-refractivity contribution is 0.0954. The Bertz CT molecular complexity index is 502. The van der Waals surface area contributed by atoms with E-state index in [4.69, 9.17) is 0 Å². The summed E-state index contributed by atoms with van der Waals surface area (Å²) in [5.41, 5.74) is 2.03. The Morgan fingerprint density at radius 1 is 1.16 bits per heavy atom. The fourth-order valence-corrected chi connectivity index (χ4v) is 2.68. The zero-order valence-corrected chi connectivity index (χ0v) is 12.0. The average molecular weight is 273 g/mol. The molecule has 1 aromatic carbocycles. The first kappa shape index (κ1) is 13.8. The van der Waals surface area contributed by atoms with Gasteiger partial charge in [0.05, 0.1) is 0 Å². The Labute approximate surface area is 118 Å². The third kappa shape index (κ3) is 4.21. The normalized spacial score (nSPS) is 10.4. The van der Waals surface area contributed by atoms with Crippen molar-refractivity contribution in [1.29, 1.82) is 0 Å². The van der Waals surface area contributed by atoms with Gasteiger partial charge in [-0.05, 0) is 42.0 Å². The Morgan fingerprint density at radius 2 is 1.95 bits per heavy atom. The molecule has 0 atom stereocenters. The van der Waals surface area contributed by atoms with Gasteiger partial charge in [0.2, 0.25) is 0 Å². The quantitative estimate of drug-likeness (QED) is 0.854. The van der Waals surface area contributed by atoms with Crippen molar-refractivity contribution in [3.8, 4) is 0 Å². The van der Waals surface area contributed by atoms with E-state index in [1.807, 2.05) is 30.3 Å². The van der Waals surface area contributed by atoms with Crippen LogP contribution >= 0.6 is 11.3 Å². The van der Waals surface area contributed by atoms with Crippen molar-refractivity contribution in [2.24, 2.45) is 0 Å². The van der Waals surface area contributed by atoms with E-state index in [1.54, 1.807) is 11.3 Å². The summed E-state index contributed by atoms with van der Waals surface area (Å²) in [7, 11) is 0. The summed E-state index contributed by atoms with van der Waals surface area (Å²) in [6.45, 7) is 2.85. The monoisotopic (exact) mass is 273 g/mol. The number of benzene rings is 1. The highest BCUT2D eigenvalue weighted by Crippen LogP contribution is 2.09. The zero-order valence-electron chi connectivity index (χ0n) is 11.2. The molecule has 0 unspecified atom stereocenters. The maximum atomic E-state index is 11.9. The number of hydrogen-bond donors (Lipinski definition) is 1. The van der Waals surface area contributed by atoms with Crippen LogP contribution in [0.15, 0.2) is 41.8 Å². The Morgan fingerprint density at radius 3 is 2.58 bits per heavy atom. The van der Waals surface area contributed by atoms with Crippen molar-refractivity contribution < 1.29 is 4.79 Å². The maximum absolute atomic E-state index is 11.9. The molecule has 1 aromatic heterocycles. The van der Waals surface area contributed by atoms with E-state index >= 15 is 0 Å². The van der Waals surface area contributed by atoms with Crippen LogP contribution in [0.25, 0.3) is 0 Å². The first-order chi connectivity index (χ1) is 9.29. The molecule has 2 aromatic rings. The lowest BCUT2D eigenvalue weighted by Crippen LogP contribution is -2.25. The Balaban J connectivity index is 1.82. The van der Waals surface area contributed by atoms with E-state index < -0.39 is 0 Å². The molecule has 0 aliphatic heterocycles. The van der Waals surface area contributed by atoms with Crippen LogP contribution in [0.5, 0.6) is 0 Å². The molecular formula is C16H19NOS. The van der Waals surface area contributed by atoms with Gasteiger partial charge in [0.1, 0.15) is 0 Å². The summed E-state index contributed by atoms with van der Waals surface area (Å²) in [6, 6.07) is 12.0. The second-order valence-electron chi connectivity index (χ2n) is 4.53. The van der Waals surface area contributed by atoms with Crippen molar-refractivity contribution in [1.82, 2.24) is 5.32 Å². The molecule has 2 nitrogen and oxygen atoms in total. The summed E-state index contributed by atoms with van der Waals surface area (Å²) in [6.07, 6.45) is 3.10. The Kier molecular flexibility index (Phi) is 5.16. The van der Waals surface area contributed by atoms with Crippen molar-refractivity contribution in [2.45, 2.75) is 26.2 Å². The smallest absolute Gasteiger partial charge is 0.251 e. The molecule has 100 valence electrons. The molecule has 0 aliphatic rings. The predicted molar refractivity (Wildman–Crippen MR) is 80.8 cm³/mol. The van der Waals surface area contributed by atoms with E-state index in [-0.39, 0.29) is 5.91 Å². The van der Waals surface area contributed by atoms with Crippen molar-refractivity contribution in [2.75, 3.05) is 6.54 Å². The molecule has 0 fully saturated rings. The molecule has 1 amide bonds. The van der Waals surface area contributed by atoms with Crippen LogP contribution in [0, 0.1) is 0 Å². The SMILES string of the molecule is CCCc1ccc(C(=O)NCCc2cccs2)cc1. The molecule has 3 heteroatoms. The third-order valence-electron chi connectivity index (χ3n) is 2.99. The fraction of sp³-hybridized carbons (Fsp3) is 0.312. The highest BCUT2D eigenvalue weighted by molar-refractivity contribution is 7.09. The number of nitrogens with one attached hydrogen (secondary N) is 1. The number of carbonyl (C=O) groups excluding carboxylic acids is 1. The fourth-order valence-electron chi connectivity index (χ4n) is 1.97. The number of rotatable bonds is 6. The molecule has 19 heavy (non-hydrogen) atoms. The predicted octanol–water partition coefficient (Wildman–Crippen LogP) is 3.67. The summed E-state index contributed by atoms with van der Waals surface area (Å²) >= 11 is 1.73. The minimum atomic E-state index is 0.0135. The van der Waals surface area contributed by atoms with Crippen LogP contribution in [0.2, 0.25) is 0 Å². The number of carbonyl (C=O) groups is 1.